The first-order chi connectivity index (χ1) is 10.4. The van der Waals surface area contributed by atoms with Crippen LogP contribution in [-0.2, 0) is 4.79 Å². The molecule has 116 valence electrons. The predicted octanol–water partition coefficient (Wildman–Crippen LogP) is 1.67. The van der Waals surface area contributed by atoms with Crippen LogP contribution in [0, 0.1) is 13.8 Å². The third-order valence-electron chi connectivity index (χ3n) is 4.41. The second-order valence-corrected chi connectivity index (χ2v) is 6.24. The van der Waals surface area contributed by atoms with Crippen LogP contribution in [0.15, 0.2) is 24.3 Å². The van der Waals surface area contributed by atoms with E-state index in [1.165, 1.54) is 0 Å². The Hall–Kier alpha value is -2.14. The van der Waals surface area contributed by atoms with Gasteiger partial charge < -0.3 is 15.7 Å². The molecule has 3 N–H and O–H groups in total. The second kappa shape index (κ2) is 5.25. The van der Waals surface area contributed by atoms with Crippen molar-refractivity contribution in [3.63, 3.8) is 0 Å². The van der Waals surface area contributed by atoms with Crippen LogP contribution in [0.5, 0.6) is 0 Å². The van der Waals surface area contributed by atoms with Crippen LogP contribution in [0.25, 0.3) is 10.9 Å². The van der Waals surface area contributed by atoms with Crippen molar-refractivity contribution in [2.24, 2.45) is 5.73 Å². The highest BCUT2D eigenvalue weighted by molar-refractivity contribution is 5.86. The molecule has 0 bridgehead atoms. The maximum Gasteiger partial charge on any atom is 0.251 e. The number of aromatic nitrogens is 1. The van der Waals surface area contributed by atoms with E-state index in [2.05, 4.69) is 18.2 Å². The third kappa shape index (κ3) is 2.52. The standard InChI is InChI=1S/C17H21N3O2/c1-11-4-5-13-12(2)9-15(19-14(13)8-11)20-7-3-6-17(22,10-20)16(18)21/h4-5,8-9,22H,3,6-7,10H2,1-2H3,(H2,18,21)/t17-/m0/s1. The van der Waals surface area contributed by atoms with Gasteiger partial charge in [-0.05, 0) is 49.9 Å². The fraction of sp³-hybridized carbons (Fsp3) is 0.412. The Bertz CT molecular complexity index is 744. The van der Waals surface area contributed by atoms with E-state index in [9.17, 15) is 9.90 Å². The third-order valence-corrected chi connectivity index (χ3v) is 4.41. The number of anilines is 1. The lowest BCUT2D eigenvalue weighted by atomic mass is 9.92. The van der Waals surface area contributed by atoms with Crippen molar-refractivity contribution < 1.29 is 9.90 Å². The van der Waals surface area contributed by atoms with Gasteiger partial charge in [0.1, 0.15) is 5.82 Å². The molecule has 22 heavy (non-hydrogen) atoms. The lowest BCUT2D eigenvalue weighted by Crippen LogP contribution is -2.56. The number of aliphatic hydroxyl groups is 1. The Balaban J connectivity index is 2.01. The van der Waals surface area contributed by atoms with Crippen molar-refractivity contribution >= 4 is 22.6 Å². The van der Waals surface area contributed by atoms with Crippen LogP contribution in [0.4, 0.5) is 5.82 Å². The predicted molar refractivity (Wildman–Crippen MR) is 86.8 cm³/mol. The first kappa shape index (κ1) is 14.8. The highest BCUT2D eigenvalue weighted by Gasteiger charge is 2.39. The molecule has 5 nitrogen and oxygen atoms in total. The van der Waals surface area contributed by atoms with E-state index in [-0.39, 0.29) is 6.54 Å². The maximum absolute atomic E-state index is 11.5. The summed E-state index contributed by atoms with van der Waals surface area (Å²) in [6.45, 7) is 5.05. The van der Waals surface area contributed by atoms with Crippen LogP contribution in [0.2, 0.25) is 0 Å². The highest BCUT2D eigenvalue weighted by atomic mass is 16.3. The minimum atomic E-state index is -1.46. The summed E-state index contributed by atoms with van der Waals surface area (Å²) in [5.41, 5.74) is 7.11. The number of β-amino-alcohol motifs (C(OH)–C–C–N with tert-alkyl or cyclic N) is 1. The van der Waals surface area contributed by atoms with Crippen LogP contribution < -0.4 is 10.6 Å². The number of hydrogen-bond acceptors (Lipinski definition) is 4. The molecule has 0 aliphatic carbocycles. The fourth-order valence-corrected chi connectivity index (χ4v) is 3.09. The molecule has 1 aliphatic rings. The summed E-state index contributed by atoms with van der Waals surface area (Å²) in [6, 6.07) is 8.20. The van der Waals surface area contributed by atoms with Crippen LogP contribution in [-0.4, -0.2) is 34.7 Å². The largest absolute Gasteiger partial charge is 0.378 e. The van der Waals surface area contributed by atoms with Crippen molar-refractivity contribution in [1.82, 2.24) is 4.98 Å². The molecule has 1 aromatic carbocycles. The number of pyridine rings is 1. The minimum Gasteiger partial charge on any atom is -0.378 e. The molecule has 2 aromatic rings. The summed E-state index contributed by atoms with van der Waals surface area (Å²) in [7, 11) is 0. The number of nitrogens with zero attached hydrogens (tertiary/aromatic N) is 2. The number of nitrogens with two attached hydrogens (primary N) is 1. The summed E-state index contributed by atoms with van der Waals surface area (Å²) in [6.07, 6.45) is 1.12. The highest BCUT2D eigenvalue weighted by Crippen LogP contribution is 2.28. The van der Waals surface area contributed by atoms with Gasteiger partial charge in [-0.2, -0.15) is 0 Å². The summed E-state index contributed by atoms with van der Waals surface area (Å²) >= 11 is 0. The Kier molecular flexibility index (Phi) is 3.53. The molecule has 1 aromatic heterocycles. The van der Waals surface area contributed by atoms with Gasteiger partial charge in [0.25, 0.3) is 5.91 Å². The van der Waals surface area contributed by atoms with Crippen molar-refractivity contribution in [3.05, 3.63) is 35.4 Å². The number of piperidine rings is 1. The zero-order valence-electron chi connectivity index (χ0n) is 13.0. The lowest BCUT2D eigenvalue weighted by molar-refractivity contribution is -0.137. The maximum atomic E-state index is 11.5. The molecule has 0 saturated carbocycles. The first-order valence-corrected chi connectivity index (χ1v) is 7.54. The zero-order valence-corrected chi connectivity index (χ0v) is 13.0. The van der Waals surface area contributed by atoms with Crippen LogP contribution in [0.1, 0.15) is 24.0 Å². The van der Waals surface area contributed by atoms with Gasteiger partial charge in [0.15, 0.2) is 5.60 Å². The molecule has 1 saturated heterocycles. The molecular weight excluding hydrogens is 278 g/mol. The molecule has 0 unspecified atom stereocenters. The molecular formula is C17H21N3O2. The van der Waals surface area contributed by atoms with Gasteiger partial charge in [0.05, 0.1) is 12.1 Å². The van der Waals surface area contributed by atoms with Crippen molar-refractivity contribution in [2.45, 2.75) is 32.3 Å². The van der Waals surface area contributed by atoms with Gasteiger partial charge in [0, 0.05) is 11.9 Å². The number of carbonyl (C=O) groups is 1. The molecule has 0 radical (unpaired) electrons. The van der Waals surface area contributed by atoms with Gasteiger partial charge in [-0.3, -0.25) is 4.79 Å². The first-order valence-electron chi connectivity index (χ1n) is 7.54. The molecule has 5 heteroatoms. The van der Waals surface area contributed by atoms with E-state index in [1.54, 1.807) is 0 Å². The number of benzene rings is 1. The lowest BCUT2D eigenvalue weighted by Gasteiger charge is -2.37. The molecule has 1 atom stereocenters. The number of fused-ring (bicyclic) bond motifs is 1. The molecule has 1 fully saturated rings. The Morgan fingerprint density at radius 2 is 2.14 bits per heavy atom. The van der Waals surface area contributed by atoms with E-state index >= 15 is 0 Å². The van der Waals surface area contributed by atoms with Crippen LogP contribution >= 0.6 is 0 Å². The number of primary amides is 1. The van der Waals surface area contributed by atoms with Gasteiger partial charge >= 0.3 is 0 Å². The Morgan fingerprint density at radius 3 is 2.86 bits per heavy atom. The smallest absolute Gasteiger partial charge is 0.251 e. The number of carbonyl (C=O) groups excluding carboxylic acids is 1. The minimum absolute atomic E-state index is 0.200. The van der Waals surface area contributed by atoms with E-state index in [4.69, 9.17) is 10.7 Å². The summed E-state index contributed by atoms with van der Waals surface area (Å²) in [5, 5.41) is 11.5. The van der Waals surface area contributed by atoms with E-state index in [0.717, 1.165) is 34.4 Å². The van der Waals surface area contributed by atoms with Gasteiger partial charge in [-0.1, -0.05) is 12.1 Å². The quantitative estimate of drug-likeness (QED) is 0.884. The topological polar surface area (TPSA) is 79.5 Å². The molecule has 1 amide bonds. The zero-order chi connectivity index (χ0) is 15.9. The number of rotatable bonds is 2. The van der Waals surface area contributed by atoms with E-state index in [0.29, 0.717) is 12.8 Å². The van der Waals surface area contributed by atoms with E-state index in [1.807, 2.05) is 24.8 Å². The number of hydrogen-bond donors (Lipinski definition) is 2. The SMILES string of the molecule is Cc1ccc2c(C)cc(N3CCC[C@@](O)(C(N)=O)C3)nc2c1. The molecule has 1 aliphatic heterocycles. The monoisotopic (exact) mass is 299 g/mol. The molecule has 0 spiro atoms. The van der Waals surface area contributed by atoms with Gasteiger partial charge in [-0.15, -0.1) is 0 Å². The van der Waals surface area contributed by atoms with Crippen LogP contribution in [0.3, 0.4) is 0 Å². The summed E-state index contributed by atoms with van der Waals surface area (Å²) in [5.74, 6) is 0.125. The number of aryl methyl sites for hydroxylation is 2. The molecule has 2 heterocycles. The Morgan fingerprint density at radius 1 is 1.36 bits per heavy atom. The number of amides is 1. The van der Waals surface area contributed by atoms with Gasteiger partial charge in [-0.25, -0.2) is 4.98 Å². The molecule has 3 rings (SSSR count). The second-order valence-electron chi connectivity index (χ2n) is 6.24. The van der Waals surface area contributed by atoms with Crippen molar-refractivity contribution in [2.75, 3.05) is 18.0 Å². The normalized spacial score (nSPS) is 22.0. The van der Waals surface area contributed by atoms with Crippen molar-refractivity contribution in [1.29, 1.82) is 0 Å². The van der Waals surface area contributed by atoms with Crippen molar-refractivity contribution in [3.8, 4) is 0 Å². The summed E-state index contributed by atoms with van der Waals surface area (Å²) in [4.78, 5) is 18.2. The fourth-order valence-electron chi connectivity index (χ4n) is 3.09. The average Bonchev–Trinajstić information content (AvgIpc) is 2.46. The summed E-state index contributed by atoms with van der Waals surface area (Å²) < 4.78 is 0. The van der Waals surface area contributed by atoms with Gasteiger partial charge in [0.2, 0.25) is 0 Å². The average molecular weight is 299 g/mol. The Labute approximate surface area is 129 Å². The van der Waals surface area contributed by atoms with E-state index < -0.39 is 11.5 Å².